The van der Waals surface area contributed by atoms with E-state index in [0.29, 0.717) is 12.5 Å². The summed E-state index contributed by atoms with van der Waals surface area (Å²) in [4.78, 5) is 0. The first-order chi connectivity index (χ1) is 4.51. The average molecular weight is 182 g/mol. The second-order valence-electron chi connectivity index (χ2n) is 2.89. The summed E-state index contributed by atoms with van der Waals surface area (Å²) in [7, 11) is 0. The highest BCUT2D eigenvalue weighted by Crippen LogP contribution is 2.22. The van der Waals surface area contributed by atoms with Crippen LogP contribution in [-0.2, 0) is 4.74 Å². The third-order valence-electron chi connectivity index (χ3n) is 1.20. The van der Waals surface area contributed by atoms with Crippen molar-refractivity contribution in [2.45, 2.75) is 19.4 Å². The summed E-state index contributed by atoms with van der Waals surface area (Å²) < 4.78 is 5.29. The lowest BCUT2D eigenvalue weighted by molar-refractivity contribution is 0.236. The fraction of sp³-hybridized carbons (Fsp3) is 0.667. The molecular weight excluding hydrogens is 173 g/mol. The minimum atomic E-state index is -0.0512. The zero-order valence-electron chi connectivity index (χ0n) is 5.87. The molecule has 1 aliphatic rings. The molecular formula is C6H9Cl2NO. The normalized spacial score (nSPS) is 21.8. The maximum atomic E-state index is 5.47. The predicted molar refractivity (Wildman–Crippen MR) is 41.9 cm³/mol. The van der Waals surface area contributed by atoms with Crippen LogP contribution in [0.15, 0.2) is 10.4 Å². The molecule has 0 atom stereocenters. The Labute approximate surface area is 70.1 Å². The zero-order chi connectivity index (χ0) is 7.78. The van der Waals surface area contributed by atoms with Crippen LogP contribution in [0, 0.1) is 0 Å². The van der Waals surface area contributed by atoms with Crippen LogP contribution in [0.1, 0.15) is 13.8 Å². The standard InChI is InChI=1S/C6H9Cl2NO/c1-6(2)3-10-5(9-6)4(7)8/h9H,3H2,1-2H3. The van der Waals surface area contributed by atoms with E-state index in [9.17, 15) is 0 Å². The summed E-state index contributed by atoms with van der Waals surface area (Å²) in [6, 6.07) is 0. The van der Waals surface area contributed by atoms with Gasteiger partial charge in [0, 0.05) is 0 Å². The summed E-state index contributed by atoms with van der Waals surface area (Å²) in [5.74, 6) is 0.480. The molecule has 0 saturated carbocycles. The summed E-state index contributed by atoms with van der Waals surface area (Å²) in [6.07, 6.45) is 0. The van der Waals surface area contributed by atoms with Gasteiger partial charge in [0.2, 0.25) is 5.88 Å². The largest absolute Gasteiger partial charge is 0.475 e. The molecule has 0 aliphatic carbocycles. The van der Waals surface area contributed by atoms with E-state index in [1.54, 1.807) is 0 Å². The van der Waals surface area contributed by atoms with Crippen LogP contribution in [0.3, 0.4) is 0 Å². The lowest BCUT2D eigenvalue weighted by Crippen LogP contribution is -2.34. The van der Waals surface area contributed by atoms with Gasteiger partial charge in [-0.2, -0.15) is 0 Å². The molecule has 10 heavy (non-hydrogen) atoms. The second-order valence-corrected chi connectivity index (χ2v) is 3.84. The van der Waals surface area contributed by atoms with Gasteiger partial charge >= 0.3 is 0 Å². The topological polar surface area (TPSA) is 21.3 Å². The lowest BCUT2D eigenvalue weighted by Gasteiger charge is -2.13. The van der Waals surface area contributed by atoms with Gasteiger partial charge < -0.3 is 10.1 Å². The number of rotatable bonds is 0. The van der Waals surface area contributed by atoms with E-state index >= 15 is 0 Å². The van der Waals surface area contributed by atoms with Gasteiger partial charge in [-0.25, -0.2) is 0 Å². The molecule has 0 amide bonds. The maximum absolute atomic E-state index is 5.47. The Morgan fingerprint density at radius 1 is 1.60 bits per heavy atom. The SMILES string of the molecule is CC1(C)COC(=C(Cl)Cl)N1. The first kappa shape index (κ1) is 8.02. The van der Waals surface area contributed by atoms with Gasteiger partial charge in [-0.15, -0.1) is 0 Å². The van der Waals surface area contributed by atoms with Crippen molar-refractivity contribution in [2.75, 3.05) is 6.61 Å². The van der Waals surface area contributed by atoms with Crippen molar-refractivity contribution < 1.29 is 4.74 Å². The van der Waals surface area contributed by atoms with Crippen molar-refractivity contribution in [3.05, 3.63) is 10.4 Å². The Morgan fingerprint density at radius 2 is 2.20 bits per heavy atom. The molecule has 0 aromatic rings. The Morgan fingerprint density at radius 3 is 2.40 bits per heavy atom. The Bertz CT molecular complexity index is 173. The Balaban J connectivity index is 2.69. The van der Waals surface area contributed by atoms with Crippen LogP contribution in [0.25, 0.3) is 0 Å². The zero-order valence-corrected chi connectivity index (χ0v) is 7.38. The van der Waals surface area contributed by atoms with E-state index < -0.39 is 0 Å². The van der Waals surface area contributed by atoms with E-state index in [2.05, 4.69) is 5.32 Å². The van der Waals surface area contributed by atoms with Crippen molar-refractivity contribution >= 4 is 23.2 Å². The minimum absolute atomic E-state index is 0.0512. The van der Waals surface area contributed by atoms with Crippen LogP contribution in [0.2, 0.25) is 0 Å². The highest BCUT2D eigenvalue weighted by molar-refractivity contribution is 6.56. The molecule has 2 nitrogen and oxygen atoms in total. The highest BCUT2D eigenvalue weighted by atomic mass is 35.5. The van der Waals surface area contributed by atoms with Gasteiger partial charge in [0.25, 0.3) is 0 Å². The minimum Gasteiger partial charge on any atom is -0.475 e. The highest BCUT2D eigenvalue weighted by Gasteiger charge is 2.28. The van der Waals surface area contributed by atoms with Gasteiger partial charge in [-0.1, -0.05) is 23.2 Å². The van der Waals surface area contributed by atoms with Crippen LogP contribution >= 0.6 is 23.2 Å². The first-order valence-corrected chi connectivity index (χ1v) is 3.73. The van der Waals surface area contributed by atoms with Crippen molar-refractivity contribution in [3.8, 4) is 0 Å². The molecule has 0 aromatic heterocycles. The molecule has 0 radical (unpaired) electrons. The van der Waals surface area contributed by atoms with E-state index in [0.717, 1.165) is 0 Å². The summed E-state index contributed by atoms with van der Waals surface area (Å²) in [6.45, 7) is 4.62. The van der Waals surface area contributed by atoms with E-state index in [4.69, 9.17) is 27.9 Å². The fourth-order valence-corrected chi connectivity index (χ4v) is 0.938. The molecule has 1 heterocycles. The van der Waals surface area contributed by atoms with Crippen LogP contribution in [-0.4, -0.2) is 12.1 Å². The molecule has 1 saturated heterocycles. The Hall–Kier alpha value is -0.0800. The molecule has 1 fully saturated rings. The molecule has 58 valence electrons. The molecule has 0 bridgehead atoms. The molecule has 1 rings (SSSR count). The van der Waals surface area contributed by atoms with Gasteiger partial charge in [0.1, 0.15) is 6.61 Å². The van der Waals surface area contributed by atoms with E-state index in [1.807, 2.05) is 13.8 Å². The van der Waals surface area contributed by atoms with Crippen molar-refractivity contribution in [2.24, 2.45) is 0 Å². The molecule has 0 aromatic carbocycles. The van der Waals surface area contributed by atoms with Crippen LogP contribution in [0.5, 0.6) is 0 Å². The quantitative estimate of drug-likeness (QED) is 0.618. The maximum Gasteiger partial charge on any atom is 0.218 e. The summed E-state index contributed by atoms with van der Waals surface area (Å²) in [5, 5.41) is 3.02. The fourth-order valence-electron chi connectivity index (χ4n) is 0.734. The number of halogens is 2. The number of ether oxygens (including phenoxy) is 1. The smallest absolute Gasteiger partial charge is 0.218 e. The number of hydrogen-bond acceptors (Lipinski definition) is 2. The van der Waals surface area contributed by atoms with Gasteiger partial charge in [-0.3, -0.25) is 0 Å². The van der Waals surface area contributed by atoms with Crippen molar-refractivity contribution in [3.63, 3.8) is 0 Å². The molecule has 1 N–H and O–H groups in total. The molecule has 4 heteroatoms. The number of hydrogen-bond donors (Lipinski definition) is 1. The first-order valence-electron chi connectivity index (χ1n) is 2.97. The molecule has 1 aliphatic heterocycles. The predicted octanol–water partition coefficient (Wildman–Crippen LogP) is 1.99. The lowest BCUT2D eigenvalue weighted by atomic mass is 10.1. The van der Waals surface area contributed by atoms with E-state index in [1.165, 1.54) is 0 Å². The molecule has 0 spiro atoms. The van der Waals surface area contributed by atoms with Crippen molar-refractivity contribution in [1.82, 2.24) is 5.32 Å². The van der Waals surface area contributed by atoms with Crippen LogP contribution in [0.4, 0.5) is 0 Å². The summed E-state index contributed by atoms with van der Waals surface area (Å²) >= 11 is 10.9. The third kappa shape index (κ3) is 1.70. The van der Waals surface area contributed by atoms with Gasteiger partial charge in [-0.05, 0) is 13.8 Å². The van der Waals surface area contributed by atoms with Crippen LogP contribution < -0.4 is 5.32 Å². The number of nitrogens with one attached hydrogen (secondary N) is 1. The third-order valence-corrected chi connectivity index (χ3v) is 1.54. The monoisotopic (exact) mass is 181 g/mol. The van der Waals surface area contributed by atoms with Gasteiger partial charge in [0.15, 0.2) is 4.49 Å². The summed E-state index contributed by atoms with van der Waals surface area (Å²) in [5.41, 5.74) is -0.0512. The van der Waals surface area contributed by atoms with Crippen molar-refractivity contribution in [1.29, 1.82) is 0 Å². The van der Waals surface area contributed by atoms with E-state index in [-0.39, 0.29) is 10.0 Å². The molecule has 0 unspecified atom stereocenters. The van der Waals surface area contributed by atoms with Gasteiger partial charge in [0.05, 0.1) is 5.54 Å². The average Bonchev–Trinajstić information content (AvgIpc) is 2.10. The second kappa shape index (κ2) is 2.51. The Kier molecular flexibility index (Phi) is 2.02.